The van der Waals surface area contributed by atoms with Gasteiger partial charge in [0.1, 0.15) is 5.82 Å². The molecule has 4 aromatic rings. The second-order valence-electron chi connectivity index (χ2n) is 5.59. The number of nitrogens with one attached hydrogen (secondary N) is 2. The van der Waals surface area contributed by atoms with Gasteiger partial charge in [-0.2, -0.15) is 4.68 Å². The first kappa shape index (κ1) is 15.7. The summed E-state index contributed by atoms with van der Waals surface area (Å²) >= 11 is 0. The molecule has 4 rings (SSSR count). The van der Waals surface area contributed by atoms with Gasteiger partial charge in [0.15, 0.2) is 11.6 Å². The molecule has 0 fully saturated rings. The molecule has 0 radical (unpaired) electrons. The van der Waals surface area contributed by atoms with Gasteiger partial charge in [0.2, 0.25) is 0 Å². The first-order chi connectivity index (χ1) is 12.8. The van der Waals surface area contributed by atoms with Crippen LogP contribution in [0.3, 0.4) is 0 Å². The Bertz CT molecular complexity index is 993. The molecule has 2 aromatic heterocycles. The van der Waals surface area contributed by atoms with Gasteiger partial charge in [0.25, 0.3) is 0 Å². The van der Waals surface area contributed by atoms with Crippen LogP contribution >= 0.6 is 0 Å². The Kier molecular flexibility index (Phi) is 4.22. The molecule has 26 heavy (non-hydrogen) atoms. The van der Waals surface area contributed by atoms with Crippen molar-refractivity contribution in [3.63, 3.8) is 0 Å². The predicted molar refractivity (Wildman–Crippen MR) is 100 cm³/mol. The lowest BCUT2D eigenvalue weighted by molar-refractivity contribution is 0.0920. The minimum Gasteiger partial charge on any atom is -0.459 e. The summed E-state index contributed by atoms with van der Waals surface area (Å²) in [6.45, 7) is 0. The fourth-order valence-electron chi connectivity index (χ4n) is 2.53. The Morgan fingerprint density at radius 2 is 1.50 bits per heavy atom. The van der Waals surface area contributed by atoms with Gasteiger partial charge in [-0.1, -0.05) is 36.4 Å². The Morgan fingerprint density at radius 3 is 2.12 bits per heavy atom. The average molecular weight is 344 g/mol. The van der Waals surface area contributed by atoms with E-state index in [2.05, 4.69) is 15.7 Å². The lowest BCUT2D eigenvalue weighted by Gasteiger charge is -2.07. The number of nitrogens with zero attached hydrogens (tertiary/aromatic N) is 2. The Balaban J connectivity index is 1.69. The van der Waals surface area contributed by atoms with Crippen LogP contribution in [0.5, 0.6) is 0 Å². The second-order valence-corrected chi connectivity index (χ2v) is 5.59. The van der Waals surface area contributed by atoms with Crippen LogP contribution in [0, 0.1) is 0 Å². The maximum atomic E-state index is 12.7. The molecule has 0 atom stereocenters. The first-order valence-corrected chi connectivity index (χ1v) is 8.12. The molecule has 0 amide bonds. The van der Waals surface area contributed by atoms with Gasteiger partial charge in [-0.05, 0) is 36.4 Å². The van der Waals surface area contributed by atoms with E-state index in [0.29, 0.717) is 11.6 Å². The quantitative estimate of drug-likeness (QED) is 0.551. The van der Waals surface area contributed by atoms with Gasteiger partial charge < -0.3 is 15.1 Å². The van der Waals surface area contributed by atoms with E-state index in [9.17, 15) is 4.79 Å². The summed E-state index contributed by atoms with van der Waals surface area (Å²) in [7, 11) is 0. The number of furan rings is 1. The van der Waals surface area contributed by atoms with Crippen molar-refractivity contribution in [2.24, 2.45) is 0 Å². The van der Waals surface area contributed by atoms with Gasteiger partial charge in [-0.15, -0.1) is 5.10 Å². The van der Waals surface area contributed by atoms with Crippen LogP contribution in [0.15, 0.2) is 89.5 Å². The number of hydrogen-bond acceptors (Lipinski definition) is 5. The number of para-hydroxylation sites is 2. The summed E-state index contributed by atoms with van der Waals surface area (Å²) in [6.07, 6.45) is 1.46. The highest BCUT2D eigenvalue weighted by Gasteiger charge is 2.18. The van der Waals surface area contributed by atoms with E-state index < -0.39 is 0 Å². The summed E-state index contributed by atoms with van der Waals surface area (Å²) in [5.41, 5.74) is 1.74. The number of hydrogen-bond donors (Lipinski definition) is 2. The molecule has 0 bridgehead atoms. The molecule has 0 aliphatic heterocycles. The highest BCUT2D eigenvalue weighted by molar-refractivity contribution is 5.95. The molecule has 0 saturated heterocycles. The summed E-state index contributed by atoms with van der Waals surface area (Å²) in [6, 6.07) is 24.3. The molecule has 0 saturated carbocycles. The minimum atomic E-state index is -0.352. The van der Waals surface area contributed by atoms with Gasteiger partial charge in [0.05, 0.1) is 6.26 Å². The van der Waals surface area contributed by atoms with E-state index in [-0.39, 0.29) is 11.7 Å². The third-order valence-corrected chi connectivity index (χ3v) is 3.73. The Labute approximate surface area is 150 Å². The van der Waals surface area contributed by atoms with Gasteiger partial charge in [0, 0.05) is 17.4 Å². The van der Waals surface area contributed by atoms with Crippen LogP contribution in [0.1, 0.15) is 10.6 Å². The SMILES string of the molecule is O=C(c1ccco1)n1nc(Nc2ccccc2)cc1Nc1ccccc1. The fourth-order valence-corrected chi connectivity index (χ4v) is 2.53. The lowest BCUT2D eigenvalue weighted by atomic mass is 10.3. The lowest BCUT2D eigenvalue weighted by Crippen LogP contribution is -2.15. The summed E-state index contributed by atoms with van der Waals surface area (Å²) in [5.74, 6) is 0.954. The zero-order chi connectivity index (χ0) is 17.8. The second kappa shape index (κ2) is 6.98. The molecule has 2 N–H and O–H groups in total. The van der Waals surface area contributed by atoms with Crippen molar-refractivity contribution in [3.8, 4) is 0 Å². The van der Waals surface area contributed by atoms with E-state index >= 15 is 0 Å². The van der Waals surface area contributed by atoms with Crippen LogP contribution in [0.4, 0.5) is 23.0 Å². The average Bonchev–Trinajstić information content (AvgIpc) is 3.33. The van der Waals surface area contributed by atoms with E-state index in [1.165, 1.54) is 10.9 Å². The summed E-state index contributed by atoms with van der Waals surface area (Å²) in [4.78, 5) is 12.7. The van der Waals surface area contributed by atoms with Gasteiger partial charge in [-0.3, -0.25) is 4.79 Å². The maximum Gasteiger partial charge on any atom is 0.315 e. The van der Waals surface area contributed by atoms with Crippen molar-refractivity contribution in [3.05, 3.63) is 90.9 Å². The third kappa shape index (κ3) is 3.34. The third-order valence-electron chi connectivity index (χ3n) is 3.73. The normalized spacial score (nSPS) is 10.5. The highest BCUT2D eigenvalue weighted by atomic mass is 16.3. The molecule has 0 spiro atoms. The fraction of sp³-hybridized carbons (Fsp3) is 0. The molecular weight excluding hydrogens is 328 g/mol. The van der Waals surface area contributed by atoms with E-state index in [1.54, 1.807) is 18.2 Å². The van der Waals surface area contributed by atoms with Gasteiger partial charge in [-0.25, -0.2) is 0 Å². The van der Waals surface area contributed by atoms with Gasteiger partial charge >= 0.3 is 5.91 Å². The maximum absolute atomic E-state index is 12.7. The van der Waals surface area contributed by atoms with Crippen LogP contribution in [-0.2, 0) is 0 Å². The van der Waals surface area contributed by atoms with Crippen LogP contribution in [-0.4, -0.2) is 15.7 Å². The molecule has 0 unspecified atom stereocenters. The largest absolute Gasteiger partial charge is 0.459 e. The number of aromatic nitrogens is 2. The first-order valence-electron chi connectivity index (χ1n) is 8.12. The predicted octanol–water partition coefficient (Wildman–Crippen LogP) is 4.65. The Hall–Kier alpha value is -3.80. The molecular formula is C20H16N4O2. The number of benzene rings is 2. The molecule has 0 aliphatic carbocycles. The minimum absolute atomic E-state index is 0.218. The van der Waals surface area contributed by atoms with Crippen LogP contribution in [0.2, 0.25) is 0 Å². The Morgan fingerprint density at radius 1 is 0.846 bits per heavy atom. The summed E-state index contributed by atoms with van der Waals surface area (Å²) in [5, 5.41) is 10.8. The van der Waals surface area contributed by atoms with Crippen LogP contribution in [0.25, 0.3) is 0 Å². The van der Waals surface area contributed by atoms with Crippen LogP contribution < -0.4 is 10.6 Å². The number of carbonyl (C=O) groups is 1. The molecule has 0 aliphatic rings. The molecule has 6 nitrogen and oxygen atoms in total. The van der Waals surface area contributed by atoms with E-state index in [1.807, 2.05) is 60.7 Å². The van der Waals surface area contributed by atoms with E-state index in [4.69, 9.17) is 4.42 Å². The number of carbonyl (C=O) groups excluding carboxylic acids is 1. The van der Waals surface area contributed by atoms with E-state index in [0.717, 1.165) is 11.4 Å². The molecule has 128 valence electrons. The standard InChI is InChI=1S/C20H16N4O2/c25-20(17-12-7-13-26-17)24-19(22-16-10-5-2-6-11-16)14-18(23-24)21-15-8-3-1-4-9-15/h1-14,22H,(H,21,23). The topological polar surface area (TPSA) is 72.1 Å². The van der Waals surface area contributed by atoms with Crippen molar-refractivity contribution >= 4 is 28.9 Å². The number of anilines is 4. The zero-order valence-electron chi connectivity index (χ0n) is 13.8. The molecule has 2 aromatic carbocycles. The van der Waals surface area contributed by atoms with Crippen molar-refractivity contribution in [2.45, 2.75) is 0 Å². The van der Waals surface area contributed by atoms with Crippen molar-refractivity contribution in [2.75, 3.05) is 10.6 Å². The monoisotopic (exact) mass is 344 g/mol. The number of rotatable bonds is 5. The van der Waals surface area contributed by atoms with Crippen molar-refractivity contribution in [1.29, 1.82) is 0 Å². The van der Waals surface area contributed by atoms with Crippen molar-refractivity contribution in [1.82, 2.24) is 9.78 Å². The van der Waals surface area contributed by atoms with Crippen molar-refractivity contribution < 1.29 is 9.21 Å². The molecule has 2 heterocycles. The highest BCUT2D eigenvalue weighted by Crippen LogP contribution is 2.23. The zero-order valence-corrected chi connectivity index (χ0v) is 13.8. The summed E-state index contributed by atoms with van der Waals surface area (Å²) < 4.78 is 6.51. The smallest absolute Gasteiger partial charge is 0.315 e. The molecule has 6 heteroatoms.